The summed E-state index contributed by atoms with van der Waals surface area (Å²) in [6.07, 6.45) is 1.65. The number of carbonyl (C=O) groups excluding carboxylic acids is 3. The van der Waals surface area contributed by atoms with E-state index in [1.807, 2.05) is 0 Å². The molecule has 3 aromatic rings. The fraction of sp³-hybridized carbons (Fsp3) is 0.280. The van der Waals surface area contributed by atoms with Crippen molar-refractivity contribution in [3.63, 3.8) is 0 Å². The normalized spacial score (nSPS) is 15.7. The molecule has 1 aliphatic rings. The van der Waals surface area contributed by atoms with Crippen molar-refractivity contribution in [2.75, 3.05) is 30.9 Å². The van der Waals surface area contributed by atoms with Gasteiger partial charge in [-0.2, -0.15) is 4.37 Å². The van der Waals surface area contributed by atoms with Gasteiger partial charge in [0.15, 0.2) is 5.69 Å². The predicted octanol–water partition coefficient (Wildman–Crippen LogP) is 3.17. The van der Waals surface area contributed by atoms with Gasteiger partial charge in [0.1, 0.15) is 16.7 Å². The lowest BCUT2D eigenvalue weighted by atomic mass is 10.0. The standard InChI is InChI=1S/C25H26ClN5O5S/c1-35-17-10-8-16(9-11-17)31(25(34)22-19(27)20(23(28)32)30-37-22)21(14-4-6-15(26)7-5-14)24(33)29-13-18-3-2-12-36-18/h4-11,18,21H,2-3,12-13,27H2,1H3,(H2,28,32)(H,29,33)/t18-,21-/m1/s1. The van der Waals surface area contributed by atoms with Crippen LogP contribution in [0.1, 0.15) is 44.6 Å². The van der Waals surface area contributed by atoms with Gasteiger partial charge in [-0.05, 0) is 66.3 Å². The van der Waals surface area contributed by atoms with Crippen LogP contribution in [-0.4, -0.2) is 48.5 Å². The van der Waals surface area contributed by atoms with E-state index in [2.05, 4.69) is 9.69 Å². The van der Waals surface area contributed by atoms with Gasteiger partial charge in [0.25, 0.3) is 11.8 Å². The number of ether oxygens (including phenoxy) is 2. The highest BCUT2D eigenvalue weighted by atomic mass is 35.5. The maximum Gasteiger partial charge on any atom is 0.273 e. The maximum absolute atomic E-state index is 14.0. The predicted molar refractivity (Wildman–Crippen MR) is 141 cm³/mol. The largest absolute Gasteiger partial charge is 0.497 e. The van der Waals surface area contributed by atoms with Gasteiger partial charge < -0.3 is 26.3 Å². The molecule has 0 bridgehead atoms. The molecule has 1 aliphatic heterocycles. The molecule has 1 fully saturated rings. The number of hydrogen-bond donors (Lipinski definition) is 3. The highest BCUT2D eigenvalue weighted by Crippen LogP contribution is 2.34. The van der Waals surface area contributed by atoms with E-state index in [9.17, 15) is 14.4 Å². The number of nitrogen functional groups attached to an aromatic ring is 1. The van der Waals surface area contributed by atoms with Gasteiger partial charge in [-0.15, -0.1) is 0 Å². The first-order valence-electron chi connectivity index (χ1n) is 11.5. The van der Waals surface area contributed by atoms with Crippen LogP contribution in [0.25, 0.3) is 0 Å². The smallest absolute Gasteiger partial charge is 0.273 e. The summed E-state index contributed by atoms with van der Waals surface area (Å²) in [5.41, 5.74) is 12.0. The number of hydrogen-bond acceptors (Lipinski definition) is 8. The zero-order valence-electron chi connectivity index (χ0n) is 20.0. The third kappa shape index (κ3) is 5.85. The molecular weight excluding hydrogens is 518 g/mol. The van der Waals surface area contributed by atoms with Crippen LogP contribution < -0.4 is 26.4 Å². The van der Waals surface area contributed by atoms with Crippen molar-refractivity contribution in [2.45, 2.75) is 25.0 Å². The number of aromatic nitrogens is 1. The van der Waals surface area contributed by atoms with Crippen LogP contribution in [0.2, 0.25) is 5.02 Å². The fourth-order valence-electron chi connectivity index (χ4n) is 4.04. The van der Waals surface area contributed by atoms with Gasteiger partial charge >= 0.3 is 0 Å². The number of halogens is 1. The Morgan fingerprint density at radius 2 is 1.92 bits per heavy atom. The minimum absolute atomic E-state index is 0.0180. The Kier molecular flexibility index (Phi) is 8.27. The zero-order valence-corrected chi connectivity index (χ0v) is 21.6. The highest BCUT2D eigenvalue weighted by Gasteiger charge is 2.36. The van der Waals surface area contributed by atoms with E-state index in [4.69, 9.17) is 32.5 Å². The lowest BCUT2D eigenvalue weighted by Crippen LogP contribution is -2.45. The second kappa shape index (κ2) is 11.6. The van der Waals surface area contributed by atoms with Crippen LogP contribution in [0.3, 0.4) is 0 Å². The summed E-state index contributed by atoms with van der Waals surface area (Å²) in [6.45, 7) is 0.937. The van der Waals surface area contributed by atoms with E-state index in [0.29, 0.717) is 35.2 Å². The minimum atomic E-state index is -1.11. The van der Waals surface area contributed by atoms with Gasteiger partial charge in [0.2, 0.25) is 5.91 Å². The minimum Gasteiger partial charge on any atom is -0.497 e. The van der Waals surface area contributed by atoms with Crippen LogP contribution in [0, 0.1) is 0 Å². The number of carbonyl (C=O) groups is 3. The van der Waals surface area contributed by atoms with Crippen molar-refractivity contribution in [2.24, 2.45) is 5.73 Å². The fourth-order valence-corrected chi connectivity index (χ4v) is 4.91. The molecule has 0 radical (unpaired) electrons. The zero-order chi connectivity index (χ0) is 26.5. The second-order valence-electron chi connectivity index (χ2n) is 8.35. The Bertz CT molecular complexity index is 1280. The molecule has 4 rings (SSSR count). The second-order valence-corrected chi connectivity index (χ2v) is 9.56. The lowest BCUT2D eigenvalue weighted by Gasteiger charge is -2.31. The SMILES string of the molecule is COc1ccc(N(C(=O)c2snc(C(N)=O)c2N)[C@@H](C(=O)NC[C@H]2CCCO2)c2ccc(Cl)cc2)cc1. The number of methoxy groups -OCH3 is 1. The first kappa shape index (κ1) is 26.4. The van der Waals surface area contributed by atoms with Gasteiger partial charge in [0.05, 0.1) is 18.9 Å². The van der Waals surface area contributed by atoms with E-state index < -0.39 is 23.8 Å². The first-order valence-corrected chi connectivity index (χ1v) is 12.6. The third-order valence-electron chi connectivity index (χ3n) is 5.95. The number of amides is 3. The average Bonchev–Trinajstić information content (AvgIpc) is 3.56. The van der Waals surface area contributed by atoms with E-state index >= 15 is 0 Å². The summed E-state index contributed by atoms with van der Waals surface area (Å²) in [6, 6.07) is 12.2. The summed E-state index contributed by atoms with van der Waals surface area (Å²) in [5.74, 6) is -1.34. The molecule has 0 unspecified atom stereocenters. The van der Waals surface area contributed by atoms with Gasteiger partial charge in [-0.25, -0.2) is 0 Å². The molecular formula is C25H26ClN5O5S. The average molecular weight is 544 g/mol. The van der Waals surface area contributed by atoms with Crippen molar-refractivity contribution in [3.05, 3.63) is 69.7 Å². The number of nitrogens with zero attached hydrogens (tertiary/aromatic N) is 2. The van der Waals surface area contributed by atoms with Gasteiger partial charge in [0, 0.05) is 23.9 Å². The van der Waals surface area contributed by atoms with Gasteiger partial charge in [-0.3, -0.25) is 19.3 Å². The third-order valence-corrected chi connectivity index (χ3v) is 7.05. The van der Waals surface area contributed by atoms with E-state index in [0.717, 1.165) is 24.4 Å². The van der Waals surface area contributed by atoms with Crippen molar-refractivity contribution >= 4 is 52.2 Å². The van der Waals surface area contributed by atoms with Crippen LogP contribution in [0.4, 0.5) is 11.4 Å². The number of benzene rings is 2. The van der Waals surface area contributed by atoms with E-state index in [1.165, 1.54) is 12.0 Å². The summed E-state index contributed by atoms with van der Waals surface area (Å²) >= 11 is 6.85. The molecule has 2 atom stereocenters. The number of nitrogens with two attached hydrogens (primary N) is 2. The number of rotatable bonds is 9. The molecule has 3 amide bonds. The number of primary amides is 1. The molecule has 2 heterocycles. The topological polar surface area (TPSA) is 150 Å². The molecule has 0 aliphatic carbocycles. The molecule has 1 saturated heterocycles. The molecule has 2 aromatic carbocycles. The molecule has 12 heteroatoms. The number of anilines is 2. The quantitative estimate of drug-likeness (QED) is 0.375. The summed E-state index contributed by atoms with van der Waals surface area (Å²) in [5, 5.41) is 3.40. The monoisotopic (exact) mass is 543 g/mol. The Labute approximate surface area is 222 Å². The summed E-state index contributed by atoms with van der Waals surface area (Å²) < 4.78 is 14.8. The summed E-state index contributed by atoms with van der Waals surface area (Å²) in [7, 11) is 1.52. The molecule has 0 saturated carbocycles. The van der Waals surface area contributed by atoms with Crippen molar-refractivity contribution in [1.82, 2.24) is 9.69 Å². The van der Waals surface area contributed by atoms with Crippen molar-refractivity contribution in [3.8, 4) is 5.75 Å². The molecule has 10 nitrogen and oxygen atoms in total. The van der Waals surface area contributed by atoms with Crippen LogP contribution in [0.5, 0.6) is 5.75 Å². The van der Waals surface area contributed by atoms with Crippen LogP contribution in [0.15, 0.2) is 48.5 Å². The van der Waals surface area contributed by atoms with Crippen molar-refractivity contribution < 1.29 is 23.9 Å². The number of nitrogens with one attached hydrogen (secondary N) is 1. The highest BCUT2D eigenvalue weighted by molar-refractivity contribution is 7.09. The van der Waals surface area contributed by atoms with E-state index in [1.54, 1.807) is 48.5 Å². The summed E-state index contributed by atoms with van der Waals surface area (Å²) in [4.78, 5) is 40.8. The lowest BCUT2D eigenvalue weighted by molar-refractivity contribution is -0.123. The molecule has 0 spiro atoms. The molecule has 194 valence electrons. The molecule has 5 N–H and O–H groups in total. The maximum atomic E-state index is 14.0. The van der Waals surface area contributed by atoms with Crippen LogP contribution in [-0.2, 0) is 9.53 Å². The Balaban J connectivity index is 1.80. The van der Waals surface area contributed by atoms with Gasteiger partial charge in [-0.1, -0.05) is 23.7 Å². The Hall–Kier alpha value is -3.67. The molecule has 1 aromatic heterocycles. The Morgan fingerprint density at radius 1 is 1.22 bits per heavy atom. The first-order chi connectivity index (χ1) is 17.8. The molecule has 37 heavy (non-hydrogen) atoms. The van der Waals surface area contributed by atoms with Crippen molar-refractivity contribution in [1.29, 1.82) is 0 Å². The van der Waals surface area contributed by atoms with E-state index in [-0.39, 0.29) is 22.4 Å². The van der Waals surface area contributed by atoms with Crippen LogP contribution >= 0.6 is 23.1 Å². The Morgan fingerprint density at radius 3 is 2.49 bits per heavy atom.